The molecule has 2 aromatic rings. The number of unbranched alkanes of at least 4 members (excludes halogenated alkanes) is 1. The SMILES string of the molecule is C.CCCCNc1nc(C)ncc1OCCCc1cc(OC)ccc1OC. The minimum Gasteiger partial charge on any atom is -0.497 e. The van der Waals surface area contributed by atoms with Gasteiger partial charge in [0.2, 0.25) is 0 Å². The molecule has 1 heterocycles. The third kappa shape index (κ3) is 6.96. The first-order valence-corrected chi connectivity index (χ1v) is 9.09. The number of nitrogens with one attached hydrogen (secondary N) is 1. The zero-order valence-corrected chi connectivity index (χ0v) is 16.2. The Kier molecular flexibility index (Phi) is 10.0. The number of anilines is 1. The Hall–Kier alpha value is -2.50. The molecule has 0 atom stereocenters. The van der Waals surface area contributed by atoms with Gasteiger partial charge in [-0.1, -0.05) is 20.8 Å². The molecule has 1 N–H and O–H groups in total. The van der Waals surface area contributed by atoms with E-state index in [-0.39, 0.29) is 7.43 Å². The molecule has 0 unspecified atom stereocenters. The van der Waals surface area contributed by atoms with E-state index in [1.54, 1.807) is 20.4 Å². The second kappa shape index (κ2) is 12.0. The van der Waals surface area contributed by atoms with Gasteiger partial charge in [-0.05, 0) is 49.9 Å². The standard InChI is InChI=1S/C20H29N3O3.CH4/c1-5-6-11-21-20-19(14-22-15(2)23-20)26-12-7-8-16-13-17(24-3)9-10-18(16)25-4;/h9-10,13-14H,5-8,11-12H2,1-4H3,(H,21,22,23);1H4. The predicted octanol–water partition coefficient (Wildman–Crippen LogP) is 4.66. The topological polar surface area (TPSA) is 65.5 Å². The maximum atomic E-state index is 5.92. The number of hydrogen-bond donors (Lipinski definition) is 1. The number of rotatable bonds is 11. The Labute approximate surface area is 163 Å². The molecular weight excluding hydrogens is 342 g/mol. The first kappa shape index (κ1) is 22.5. The minimum atomic E-state index is 0. The fourth-order valence-electron chi connectivity index (χ4n) is 2.60. The number of ether oxygens (including phenoxy) is 3. The van der Waals surface area contributed by atoms with Gasteiger partial charge in [0.15, 0.2) is 11.6 Å². The molecule has 27 heavy (non-hydrogen) atoms. The Morgan fingerprint density at radius 3 is 2.59 bits per heavy atom. The van der Waals surface area contributed by atoms with Crippen molar-refractivity contribution in [2.45, 2.75) is 47.0 Å². The zero-order valence-electron chi connectivity index (χ0n) is 16.2. The van der Waals surface area contributed by atoms with Crippen LogP contribution in [0.2, 0.25) is 0 Å². The van der Waals surface area contributed by atoms with Crippen LogP contribution in [0, 0.1) is 6.92 Å². The Morgan fingerprint density at radius 2 is 1.89 bits per heavy atom. The summed E-state index contributed by atoms with van der Waals surface area (Å²) in [7, 11) is 3.35. The third-order valence-corrected chi connectivity index (χ3v) is 4.03. The first-order valence-electron chi connectivity index (χ1n) is 9.09. The van der Waals surface area contributed by atoms with Crippen molar-refractivity contribution < 1.29 is 14.2 Å². The molecule has 6 nitrogen and oxygen atoms in total. The third-order valence-electron chi connectivity index (χ3n) is 4.03. The van der Waals surface area contributed by atoms with Crippen LogP contribution in [0.15, 0.2) is 24.4 Å². The van der Waals surface area contributed by atoms with Crippen molar-refractivity contribution in [3.8, 4) is 17.2 Å². The zero-order chi connectivity index (χ0) is 18.8. The number of methoxy groups -OCH3 is 2. The van der Waals surface area contributed by atoms with Gasteiger partial charge in [0.25, 0.3) is 0 Å². The second-order valence-electron chi connectivity index (χ2n) is 6.04. The Morgan fingerprint density at radius 1 is 1.07 bits per heavy atom. The van der Waals surface area contributed by atoms with E-state index in [0.717, 1.165) is 60.9 Å². The smallest absolute Gasteiger partial charge is 0.179 e. The van der Waals surface area contributed by atoms with Gasteiger partial charge in [0, 0.05) is 6.54 Å². The lowest BCUT2D eigenvalue weighted by Crippen LogP contribution is -2.09. The van der Waals surface area contributed by atoms with E-state index in [1.807, 2.05) is 25.1 Å². The molecular formula is C21H33N3O3. The molecule has 0 saturated carbocycles. The van der Waals surface area contributed by atoms with Crippen molar-refractivity contribution in [1.29, 1.82) is 0 Å². The highest BCUT2D eigenvalue weighted by Gasteiger charge is 2.08. The van der Waals surface area contributed by atoms with Crippen LogP contribution < -0.4 is 19.5 Å². The van der Waals surface area contributed by atoms with Crippen LogP contribution in [0.3, 0.4) is 0 Å². The van der Waals surface area contributed by atoms with E-state index >= 15 is 0 Å². The average molecular weight is 376 g/mol. The lowest BCUT2D eigenvalue weighted by Gasteiger charge is -2.13. The normalized spacial score (nSPS) is 10.1. The van der Waals surface area contributed by atoms with Crippen LogP contribution in [-0.2, 0) is 6.42 Å². The molecule has 0 saturated heterocycles. The summed E-state index contributed by atoms with van der Waals surface area (Å²) in [6, 6.07) is 5.83. The van der Waals surface area contributed by atoms with Gasteiger partial charge in [0.1, 0.15) is 17.3 Å². The maximum Gasteiger partial charge on any atom is 0.179 e. The van der Waals surface area contributed by atoms with Crippen molar-refractivity contribution in [3.63, 3.8) is 0 Å². The quantitative estimate of drug-likeness (QED) is 0.576. The van der Waals surface area contributed by atoms with Crippen LogP contribution in [0.1, 0.15) is 45.0 Å². The summed E-state index contributed by atoms with van der Waals surface area (Å²) in [5, 5.41) is 3.33. The molecule has 0 amide bonds. The Bertz CT molecular complexity index is 692. The number of aryl methyl sites for hydroxylation is 2. The van der Waals surface area contributed by atoms with Crippen LogP contribution in [0.4, 0.5) is 5.82 Å². The van der Waals surface area contributed by atoms with E-state index in [1.165, 1.54) is 0 Å². The van der Waals surface area contributed by atoms with Crippen LogP contribution in [0.25, 0.3) is 0 Å². The molecule has 0 aliphatic carbocycles. The number of benzene rings is 1. The van der Waals surface area contributed by atoms with Crippen LogP contribution in [0.5, 0.6) is 17.2 Å². The summed E-state index contributed by atoms with van der Waals surface area (Å²) in [6.07, 6.45) is 5.66. The van der Waals surface area contributed by atoms with Crippen molar-refractivity contribution in [1.82, 2.24) is 9.97 Å². The first-order chi connectivity index (χ1) is 12.7. The summed E-state index contributed by atoms with van der Waals surface area (Å²) >= 11 is 0. The highest BCUT2D eigenvalue weighted by Crippen LogP contribution is 2.26. The van der Waals surface area contributed by atoms with E-state index in [9.17, 15) is 0 Å². The van der Waals surface area contributed by atoms with Gasteiger partial charge in [-0.2, -0.15) is 0 Å². The lowest BCUT2D eigenvalue weighted by molar-refractivity contribution is 0.308. The fraction of sp³-hybridized carbons (Fsp3) is 0.524. The molecule has 1 aromatic carbocycles. The highest BCUT2D eigenvalue weighted by atomic mass is 16.5. The van der Waals surface area contributed by atoms with E-state index < -0.39 is 0 Å². The molecule has 0 aliphatic rings. The molecule has 0 aliphatic heterocycles. The van der Waals surface area contributed by atoms with E-state index in [0.29, 0.717) is 12.4 Å². The van der Waals surface area contributed by atoms with E-state index in [4.69, 9.17) is 14.2 Å². The fourth-order valence-corrected chi connectivity index (χ4v) is 2.60. The van der Waals surface area contributed by atoms with Crippen molar-refractivity contribution in [2.75, 3.05) is 32.7 Å². The summed E-state index contributed by atoms with van der Waals surface area (Å²) in [4.78, 5) is 8.69. The molecule has 150 valence electrons. The molecule has 0 spiro atoms. The average Bonchev–Trinajstić information content (AvgIpc) is 2.66. The summed E-state index contributed by atoms with van der Waals surface area (Å²) < 4.78 is 16.6. The van der Waals surface area contributed by atoms with Crippen LogP contribution in [-0.4, -0.2) is 37.3 Å². The number of nitrogens with zero attached hydrogens (tertiary/aromatic N) is 2. The summed E-state index contributed by atoms with van der Waals surface area (Å²) in [6.45, 7) is 5.50. The largest absolute Gasteiger partial charge is 0.497 e. The monoisotopic (exact) mass is 375 g/mol. The summed E-state index contributed by atoms with van der Waals surface area (Å²) in [5.74, 6) is 3.90. The number of hydrogen-bond acceptors (Lipinski definition) is 6. The van der Waals surface area contributed by atoms with Gasteiger partial charge in [-0.15, -0.1) is 0 Å². The molecule has 1 aromatic heterocycles. The number of aromatic nitrogens is 2. The highest BCUT2D eigenvalue weighted by molar-refractivity contribution is 5.48. The lowest BCUT2D eigenvalue weighted by atomic mass is 10.1. The Balaban J connectivity index is 0.00000364. The van der Waals surface area contributed by atoms with E-state index in [2.05, 4.69) is 22.2 Å². The maximum absolute atomic E-state index is 5.92. The second-order valence-corrected chi connectivity index (χ2v) is 6.04. The molecule has 0 radical (unpaired) electrons. The van der Waals surface area contributed by atoms with Crippen LogP contribution >= 0.6 is 0 Å². The summed E-state index contributed by atoms with van der Waals surface area (Å²) in [5.41, 5.74) is 1.11. The van der Waals surface area contributed by atoms with Crippen molar-refractivity contribution in [3.05, 3.63) is 35.8 Å². The van der Waals surface area contributed by atoms with Gasteiger partial charge in [-0.25, -0.2) is 9.97 Å². The van der Waals surface area contributed by atoms with Crippen molar-refractivity contribution in [2.24, 2.45) is 0 Å². The molecule has 0 bridgehead atoms. The predicted molar refractivity (Wildman–Crippen MR) is 110 cm³/mol. The minimum absolute atomic E-state index is 0. The van der Waals surface area contributed by atoms with Gasteiger partial charge in [0.05, 0.1) is 27.0 Å². The van der Waals surface area contributed by atoms with Gasteiger partial charge >= 0.3 is 0 Å². The molecule has 6 heteroatoms. The van der Waals surface area contributed by atoms with Gasteiger partial charge in [-0.3, -0.25) is 0 Å². The van der Waals surface area contributed by atoms with Crippen molar-refractivity contribution >= 4 is 5.82 Å². The molecule has 0 fully saturated rings. The molecule has 2 rings (SSSR count). The van der Waals surface area contributed by atoms with Gasteiger partial charge < -0.3 is 19.5 Å².